The first-order chi connectivity index (χ1) is 62.6. The number of H-pyrrole nitrogens is 1. The SMILES string of the molecule is CC(=O)c1sc2nc(NC3CC3)nc(-c3cc[nH]c(=O)c3)c2c1N.CC(=O)c1sc2nc(NC3CC3)nc(-c3ccc(C(F)(F)F)c(O)c3)c2c1N.CC(=O)c1sc2nc(NC3CC3)nc(-c3ccc(C(F)(F)F)cc3)c2c1N.CC(=O)c1sc2nc(NC3CC3)nc(-c3ccnc(Cl)c3)c2c1N.COc1cc(-c2nc(NC3CC3)nc3sc(C(C)=O)c(N)c23)ccc1C(F)(F)F. The van der Waals surface area contributed by atoms with Crippen LogP contribution in [0.5, 0.6) is 11.5 Å². The summed E-state index contributed by atoms with van der Waals surface area (Å²) in [4.78, 5) is 127. The van der Waals surface area contributed by atoms with Crippen LogP contribution in [-0.2, 0) is 18.5 Å². The average Bonchev–Trinajstić information content (AvgIpc) is 1.63. The van der Waals surface area contributed by atoms with Crippen LogP contribution in [0.4, 0.5) is 97.7 Å². The summed E-state index contributed by atoms with van der Waals surface area (Å²) in [6.45, 7) is 7.17. The van der Waals surface area contributed by atoms with Crippen LogP contribution < -0.4 is 65.5 Å². The Labute approximate surface area is 766 Å². The number of carbonyl (C=O) groups excluding carboxylic acids is 5. The van der Waals surface area contributed by atoms with Gasteiger partial charge in [0.1, 0.15) is 40.8 Å². The van der Waals surface area contributed by atoms with Gasteiger partial charge < -0.3 is 70.1 Å². The first kappa shape index (κ1) is 91.9. The number of nitrogens with two attached hydrogens (primary N) is 5. The second-order valence-corrected chi connectivity index (χ2v) is 36.9. The van der Waals surface area contributed by atoms with Gasteiger partial charge in [0.2, 0.25) is 35.3 Å². The predicted octanol–water partition coefficient (Wildman–Crippen LogP) is 20.1. The highest BCUT2D eigenvalue weighted by atomic mass is 35.5. The number of benzene rings is 3. The number of ether oxygens (including phenoxy) is 1. The summed E-state index contributed by atoms with van der Waals surface area (Å²) >= 11 is 12.0. The smallest absolute Gasteiger partial charge is 0.419 e. The number of phenolic OH excluding ortho intramolecular Hbond substituents is 1. The molecule has 45 heteroatoms. The van der Waals surface area contributed by atoms with Crippen molar-refractivity contribution >= 4 is 206 Å². The first-order valence-electron chi connectivity index (χ1n) is 40.6. The Morgan fingerprint density at radius 3 is 0.955 bits per heavy atom. The van der Waals surface area contributed by atoms with E-state index in [2.05, 4.69) is 86.4 Å². The lowest BCUT2D eigenvalue weighted by Crippen LogP contribution is -2.08. The number of hydrogen-bond acceptors (Lipinski definition) is 34. The number of aromatic hydroxyl groups is 1. The normalized spacial score (nSPS) is 14.3. The predicted molar refractivity (Wildman–Crippen MR) is 496 cm³/mol. The lowest BCUT2D eigenvalue weighted by atomic mass is 10.0. The number of carbonyl (C=O) groups is 5. The Morgan fingerprint density at radius 1 is 0.394 bits per heavy atom. The number of methoxy groups -OCH3 is 1. The van der Waals surface area contributed by atoms with E-state index in [4.69, 9.17) is 45.0 Å². The summed E-state index contributed by atoms with van der Waals surface area (Å²) in [5.41, 5.74) is 34.1. The number of thiophene rings is 5. The van der Waals surface area contributed by atoms with Crippen LogP contribution in [-0.4, -0.2) is 131 Å². The van der Waals surface area contributed by atoms with Gasteiger partial charge in [0.15, 0.2) is 28.9 Å². The van der Waals surface area contributed by atoms with Gasteiger partial charge in [-0.1, -0.05) is 35.9 Å². The number of aromatic nitrogens is 12. The van der Waals surface area contributed by atoms with E-state index >= 15 is 0 Å². The lowest BCUT2D eigenvalue weighted by molar-refractivity contribution is -0.139. The highest BCUT2D eigenvalue weighted by Crippen LogP contribution is 2.49. The van der Waals surface area contributed by atoms with Gasteiger partial charge in [-0.05, 0) is 119 Å². The lowest BCUT2D eigenvalue weighted by Gasteiger charge is -2.14. The van der Waals surface area contributed by atoms with Crippen molar-refractivity contribution in [1.29, 1.82) is 0 Å². The van der Waals surface area contributed by atoms with Crippen molar-refractivity contribution in [2.75, 3.05) is 62.4 Å². The Morgan fingerprint density at radius 2 is 0.682 bits per heavy atom. The molecule has 0 saturated heterocycles. The number of nitrogens with zero attached hydrogens (tertiary/aromatic N) is 11. The van der Waals surface area contributed by atoms with Gasteiger partial charge in [0, 0.05) is 111 Å². The maximum atomic E-state index is 13.2. The van der Waals surface area contributed by atoms with E-state index < -0.39 is 41.0 Å². The molecule has 5 saturated carbocycles. The highest BCUT2D eigenvalue weighted by molar-refractivity contribution is 7.23. The number of fused-ring (bicyclic) bond motifs is 5. The summed E-state index contributed by atoms with van der Waals surface area (Å²) in [6, 6.07) is 19.7. The molecule has 3 aromatic carbocycles. The molecular formula is C87H76ClF9N22O8S5. The van der Waals surface area contributed by atoms with Gasteiger partial charge in [0.25, 0.3) is 0 Å². The van der Waals surface area contributed by atoms with Gasteiger partial charge in [-0.2, -0.15) is 39.5 Å². The van der Waals surface area contributed by atoms with Crippen molar-refractivity contribution in [2.45, 2.75) is 148 Å². The van der Waals surface area contributed by atoms with E-state index in [1.54, 1.807) is 24.5 Å². The number of rotatable bonds is 21. The fourth-order valence-corrected chi connectivity index (χ4v) is 18.9. The van der Waals surface area contributed by atoms with E-state index in [0.29, 0.717) is 179 Å². The number of alkyl halides is 9. The monoisotopic (exact) mass is 1920 g/mol. The molecule has 682 valence electrons. The minimum Gasteiger partial charge on any atom is -0.507 e. The quantitative estimate of drug-likeness (QED) is 0.0181. The number of halogens is 10. The first-order valence-corrected chi connectivity index (χ1v) is 45.1. The molecule has 0 bridgehead atoms. The Balaban J connectivity index is 0.000000121. The van der Waals surface area contributed by atoms with Gasteiger partial charge in [0.05, 0.1) is 132 Å². The molecule has 0 unspecified atom stereocenters. The summed E-state index contributed by atoms with van der Waals surface area (Å²) in [5.74, 6) is 0.0355. The maximum absolute atomic E-state index is 13.2. The minimum absolute atomic E-state index is 0.0779. The molecule has 0 radical (unpaired) electrons. The van der Waals surface area contributed by atoms with Crippen LogP contribution in [0.3, 0.4) is 0 Å². The standard InChI is InChI=1S/C19H17F3N4O2S.C18H15F3N4O2S.C18H15F3N4OS.C16H14ClN5OS.C16H15N5O2S/c1-8(27)16-14(23)13-15(25-18(24-10-4-5-10)26-17(13)29-16)9-3-6-11(19(20,21)22)12(7-9)28-2;1-7(26)15-13(22)12-14(8-2-5-10(11(27)6-8)18(19,20)21)24-17(23-9-3-4-9)25-16(12)28-15;1-8(26)15-13(22)12-14(9-2-4-10(5-3-9)18(19,20)21)24-17(23-11-6-7-11)25-16(12)27-15;1-7(23)14-12(18)11-13(8-4-5-19-10(17)6-8)21-16(20-9-2-3-9)22-15(11)24-14;1-7(22)14-12(17)11-13(8-4-5-18-10(23)6-8)20-16(19-9-2-3-9)21-15(11)24-14/h3,6-7,10H,4-5,23H2,1-2H3,(H,24,25,26);2,5-6,9,27H,3-4,22H2,1H3,(H,23,24,25);2-5,11H,6-7,22H2,1H3,(H,23,24,25);4-6,9H,2-3,18H2,1H3,(H,20,21,22);4-6,9H,2-3,17H2,1H3,(H,18,23)(H,19,20,21). The highest BCUT2D eigenvalue weighted by Gasteiger charge is 2.39. The van der Waals surface area contributed by atoms with E-state index in [0.717, 1.165) is 134 Å². The van der Waals surface area contributed by atoms with Crippen LogP contribution in [0, 0.1) is 0 Å². The Hall–Kier alpha value is -13.4. The fraction of sp³-hybridized carbons (Fsp3) is 0.276. The second kappa shape index (κ2) is 36.4. The maximum Gasteiger partial charge on any atom is 0.419 e. The average molecular weight is 1920 g/mol. The van der Waals surface area contributed by atoms with Crippen molar-refractivity contribution in [3.63, 3.8) is 0 Å². The fourth-order valence-electron chi connectivity index (χ4n) is 13.8. The number of nitrogens with one attached hydrogen (secondary N) is 6. The van der Waals surface area contributed by atoms with Crippen molar-refractivity contribution < 1.29 is 73.3 Å². The summed E-state index contributed by atoms with van der Waals surface area (Å²) in [7, 11) is 1.18. The summed E-state index contributed by atoms with van der Waals surface area (Å²) in [6.07, 6.45) is -0.0725. The third-order valence-corrected chi connectivity index (χ3v) is 27.2. The molecule has 5 aliphatic rings. The molecule has 0 aliphatic heterocycles. The number of Topliss-reactive ketones (excluding diaryl/α,β-unsaturated/α-hetero) is 5. The van der Waals surface area contributed by atoms with Crippen molar-refractivity contribution in [2.24, 2.45) is 0 Å². The molecule has 5 aliphatic carbocycles. The van der Waals surface area contributed by atoms with Crippen molar-refractivity contribution in [3.8, 4) is 67.8 Å². The third-order valence-electron chi connectivity index (χ3n) is 21.0. The van der Waals surface area contributed by atoms with Crippen LogP contribution in [0.2, 0.25) is 5.15 Å². The Bertz CT molecular complexity index is 7230. The molecule has 0 amide bonds. The van der Waals surface area contributed by atoms with Crippen LogP contribution >= 0.6 is 68.3 Å². The van der Waals surface area contributed by atoms with Crippen LogP contribution in [0.25, 0.3) is 107 Å². The number of ketones is 5. The molecule has 0 atom stereocenters. The topological polar surface area (TPSA) is 480 Å². The molecular weight excluding hydrogens is 1850 g/mol. The molecule has 15 aromatic rings. The number of aromatic amines is 1. The molecule has 30 nitrogen and oxygen atoms in total. The van der Waals surface area contributed by atoms with Crippen LogP contribution in [0.15, 0.2) is 102 Å². The third kappa shape index (κ3) is 20.2. The minimum atomic E-state index is -4.68. The second-order valence-electron chi connectivity index (χ2n) is 31.5. The number of nitrogen functional groups attached to an aromatic ring is 5. The van der Waals surface area contributed by atoms with E-state index in [1.807, 2.05) is 6.07 Å². The van der Waals surface area contributed by atoms with E-state index in [1.165, 1.54) is 101 Å². The molecule has 12 heterocycles. The molecule has 132 heavy (non-hydrogen) atoms. The largest absolute Gasteiger partial charge is 0.507 e. The van der Waals surface area contributed by atoms with Crippen molar-refractivity contribution in [1.82, 2.24) is 59.8 Å². The molecule has 17 N–H and O–H groups in total. The van der Waals surface area contributed by atoms with Crippen molar-refractivity contribution in [3.05, 3.63) is 154 Å². The van der Waals surface area contributed by atoms with Gasteiger partial charge >= 0.3 is 18.5 Å². The number of hydrogen-bond donors (Lipinski definition) is 12. The van der Waals surface area contributed by atoms with Crippen LogP contribution in [0.1, 0.15) is 164 Å². The molecule has 20 rings (SSSR count). The Kier molecular flexibility index (Phi) is 25.3. The van der Waals surface area contributed by atoms with Gasteiger partial charge in [-0.25, -0.2) is 54.8 Å². The van der Waals surface area contributed by atoms with E-state index in [-0.39, 0.29) is 80.6 Å². The number of pyridine rings is 2. The molecule has 12 aromatic heterocycles. The molecule has 0 spiro atoms. The zero-order chi connectivity index (χ0) is 94.2. The summed E-state index contributed by atoms with van der Waals surface area (Å²) in [5, 5.41) is 29.0. The van der Waals surface area contributed by atoms with Gasteiger partial charge in [-0.15, -0.1) is 56.7 Å². The van der Waals surface area contributed by atoms with E-state index in [9.17, 15) is 73.4 Å². The molecule has 5 fully saturated rings. The summed E-state index contributed by atoms with van der Waals surface area (Å²) < 4.78 is 122. The number of phenols is 1. The number of anilines is 10. The zero-order valence-electron chi connectivity index (χ0n) is 70.1. The van der Waals surface area contributed by atoms with Gasteiger partial charge in [-0.3, -0.25) is 28.8 Å². The zero-order valence-corrected chi connectivity index (χ0v) is 75.0.